The molecule has 4 bridgehead atoms. The molecule has 7 rings (SSSR count). The molecule has 40 heavy (non-hydrogen) atoms. The third kappa shape index (κ3) is 4.79. The van der Waals surface area contributed by atoms with Crippen LogP contribution in [0.1, 0.15) is 60.8 Å². The molecule has 4 saturated carbocycles. The van der Waals surface area contributed by atoms with Crippen molar-refractivity contribution < 1.29 is 9.90 Å². The predicted octanol–water partition coefficient (Wildman–Crippen LogP) is 6.49. The standard InChI is InChI=1S/C30H30Br2N4O4/c1-15-5-22(31)24(6-16(15)2)34-28(39)33-14-21-26(37)35-29(40)36(27(21)38)25-4-3-20(10-23(25)32)30-11-17-7-18(12-30)9-19(8-17)13-30/h3-6,10,14,17-19,38H,7-9,11-13H2,1-2H3,(H,34,39)(H,35,37,40). The summed E-state index contributed by atoms with van der Waals surface area (Å²) in [6.45, 7) is 3.89. The van der Waals surface area contributed by atoms with E-state index in [1.807, 2.05) is 38.1 Å². The Morgan fingerprint density at radius 1 is 1.02 bits per heavy atom. The monoisotopic (exact) mass is 668 g/mol. The lowest BCUT2D eigenvalue weighted by molar-refractivity contribution is -0.00521. The number of urea groups is 1. The largest absolute Gasteiger partial charge is 0.493 e. The summed E-state index contributed by atoms with van der Waals surface area (Å²) in [4.78, 5) is 44.0. The third-order valence-electron chi connectivity index (χ3n) is 9.10. The van der Waals surface area contributed by atoms with E-state index in [9.17, 15) is 19.5 Å². The Morgan fingerprint density at radius 3 is 2.27 bits per heavy atom. The van der Waals surface area contributed by atoms with Crippen molar-refractivity contribution >= 4 is 49.8 Å². The fraction of sp³-hybridized carbons (Fsp3) is 0.400. The highest BCUT2D eigenvalue weighted by Gasteiger charge is 2.51. The summed E-state index contributed by atoms with van der Waals surface area (Å²) in [5.41, 5.74) is 2.47. The molecular weight excluding hydrogens is 640 g/mol. The number of rotatable bonds is 4. The number of aliphatic imine (C=N–C) groups is 1. The van der Waals surface area contributed by atoms with E-state index in [-0.39, 0.29) is 11.0 Å². The fourth-order valence-electron chi connectivity index (χ4n) is 7.51. The van der Waals surface area contributed by atoms with Gasteiger partial charge in [-0.2, -0.15) is 0 Å². The number of aryl methyl sites for hydroxylation is 2. The highest BCUT2D eigenvalue weighted by Crippen LogP contribution is 2.61. The van der Waals surface area contributed by atoms with Crippen LogP contribution in [-0.4, -0.2) is 26.9 Å². The minimum Gasteiger partial charge on any atom is -0.493 e. The number of anilines is 1. The number of carbonyl (C=O) groups is 1. The number of carbonyl (C=O) groups excluding carboxylic acids is 1. The zero-order valence-corrected chi connectivity index (χ0v) is 25.4. The topological polar surface area (TPSA) is 117 Å². The van der Waals surface area contributed by atoms with Crippen LogP contribution in [0.5, 0.6) is 5.88 Å². The van der Waals surface area contributed by atoms with Crippen molar-refractivity contribution in [3.63, 3.8) is 0 Å². The van der Waals surface area contributed by atoms with E-state index in [0.717, 1.165) is 39.7 Å². The first-order valence-electron chi connectivity index (χ1n) is 13.5. The highest BCUT2D eigenvalue weighted by molar-refractivity contribution is 9.11. The van der Waals surface area contributed by atoms with E-state index >= 15 is 0 Å². The summed E-state index contributed by atoms with van der Waals surface area (Å²) in [6, 6.07) is 8.87. The quantitative estimate of drug-likeness (QED) is 0.275. The number of H-pyrrole nitrogens is 1. The number of hydrogen-bond acceptors (Lipinski definition) is 4. The molecule has 0 saturated heterocycles. The SMILES string of the molecule is Cc1cc(Br)c(NC(=O)N=Cc2c(O)n(-c3ccc(C45CC6CC(CC(C6)C4)C5)cc3Br)c(=O)[nH]c2=O)cc1C. The van der Waals surface area contributed by atoms with Crippen LogP contribution in [0.3, 0.4) is 0 Å². The number of aromatic hydroxyl groups is 1. The minimum absolute atomic E-state index is 0.171. The van der Waals surface area contributed by atoms with Gasteiger partial charge in [0.1, 0.15) is 5.56 Å². The van der Waals surface area contributed by atoms with E-state index in [4.69, 9.17) is 0 Å². The van der Waals surface area contributed by atoms with Crippen LogP contribution in [0.2, 0.25) is 0 Å². The molecule has 4 aliphatic rings. The summed E-state index contributed by atoms with van der Waals surface area (Å²) in [5, 5.41) is 13.7. The zero-order valence-electron chi connectivity index (χ0n) is 22.3. The molecule has 8 nitrogen and oxygen atoms in total. The number of amides is 2. The maximum atomic E-state index is 12.8. The van der Waals surface area contributed by atoms with E-state index in [2.05, 4.69) is 53.2 Å². The summed E-state index contributed by atoms with van der Waals surface area (Å²) >= 11 is 7.05. The van der Waals surface area contributed by atoms with Crippen molar-refractivity contribution in [1.82, 2.24) is 9.55 Å². The molecule has 0 radical (unpaired) electrons. The molecule has 0 unspecified atom stereocenters. The molecule has 4 aliphatic carbocycles. The van der Waals surface area contributed by atoms with Gasteiger partial charge >= 0.3 is 11.7 Å². The number of hydrogen-bond donors (Lipinski definition) is 3. The van der Waals surface area contributed by atoms with E-state index < -0.39 is 23.2 Å². The van der Waals surface area contributed by atoms with Gasteiger partial charge < -0.3 is 10.4 Å². The van der Waals surface area contributed by atoms with Gasteiger partial charge in [0, 0.05) is 8.95 Å². The number of aromatic amines is 1. The van der Waals surface area contributed by atoms with Gasteiger partial charge in [-0.3, -0.25) is 9.78 Å². The molecule has 4 fully saturated rings. The molecular formula is C30H30Br2N4O4. The first-order valence-corrected chi connectivity index (χ1v) is 15.1. The van der Waals surface area contributed by atoms with Crippen molar-refractivity contribution in [2.75, 3.05) is 5.32 Å². The van der Waals surface area contributed by atoms with E-state index in [1.54, 1.807) is 0 Å². The summed E-state index contributed by atoms with van der Waals surface area (Å²) in [6.07, 6.45) is 8.63. The Bertz CT molecular complexity index is 1650. The lowest BCUT2D eigenvalue weighted by Gasteiger charge is -2.57. The van der Waals surface area contributed by atoms with Crippen molar-refractivity contribution in [3.8, 4) is 11.6 Å². The molecule has 1 heterocycles. The molecule has 2 aromatic carbocycles. The predicted molar refractivity (Wildman–Crippen MR) is 162 cm³/mol. The average molecular weight is 670 g/mol. The van der Waals surface area contributed by atoms with Crippen LogP contribution < -0.4 is 16.6 Å². The Balaban J connectivity index is 1.30. The van der Waals surface area contributed by atoms with Crippen molar-refractivity contribution in [2.45, 2.75) is 57.8 Å². The zero-order chi connectivity index (χ0) is 28.3. The summed E-state index contributed by atoms with van der Waals surface area (Å²) < 4.78 is 2.36. The second-order valence-electron chi connectivity index (χ2n) is 11.8. The van der Waals surface area contributed by atoms with Crippen LogP contribution >= 0.6 is 31.9 Å². The molecule has 208 valence electrons. The maximum Gasteiger partial charge on any atom is 0.345 e. The molecule has 3 N–H and O–H groups in total. The van der Waals surface area contributed by atoms with Gasteiger partial charge in [-0.15, -0.1) is 0 Å². The molecule has 2 amide bonds. The molecule has 0 aliphatic heterocycles. The molecule has 10 heteroatoms. The Morgan fingerprint density at radius 2 is 1.65 bits per heavy atom. The summed E-state index contributed by atoms with van der Waals surface area (Å²) in [5.74, 6) is 1.79. The normalized spacial score (nSPS) is 25.1. The van der Waals surface area contributed by atoms with Gasteiger partial charge in [0.25, 0.3) is 5.56 Å². The maximum absolute atomic E-state index is 12.8. The van der Waals surface area contributed by atoms with Crippen molar-refractivity contribution in [1.29, 1.82) is 0 Å². The lowest BCUT2D eigenvalue weighted by Crippen LogP contribution is -2.48. The number of benzene rings is 2. The number of halogens is 2. The van der Waals surface area contributed by atoms with E-state index in [0.29, 0.717) is 20.3 Å². The van der Waals surface area contributed by atoms with Gasteiger partial charge in [-0.05, 0) is 148 Å². The third-order valence-corrected chi connectivity index (χ3v) is 10.4. The smallest absolute Gasteiger partial charge is 0.345 e. The van der Waals surface area contributed by atoms with Gasteiger partial charge in [0.2, 0.25) is 5.88 Å². The van der Waals surface area contributed by atoms with Gasteiger partial charge in [0.05, 0.1) is 17.6 Å². The first kappa shape index (κ1) is 27.2. The Labute approximate surface area is 248 Å². The minimum atomic E-state index is -0.844. The fourth-order valence-corrected chi connectivity index (χ4v) is 8.62. The van der Waals surface area contributed by atoms with Crippen LogP contribution in [0.4, 0.5) is 10.5 Å². The van der Waals surface area contributed by atoms with Crippen molar-refractivity contribution in [2.24, 2.45) is 22.7 Å². The van der Waals surface area contributed by atoms with E-state index in [1.165, 1.54) is 44.1 Å². The van der Waals surface area contributed by atoms with Crippen LogP contribution in [0.15, 0.2) is 53.9 Å². The summed E-state index contributed by atoms with van der Waals surface area (Å²) in [7, 11) is 0. The average Bonchev–Trinajstić information content (AvgIpc) is 2.87. The number of nitrogens with zero attached hydrogens (tertiary/aromatic N) is 2. The van der Waals surface area contributed by atoms with Gasteiger partial charge in [-0.1, -0.05) is 6.07 Å². The Kier molecular flexibility index (Phi) is 6.89. The van der Waals surface area contributed by atoms with Crippen LogP contribution in [0, 0.1) is 31.6 Å². The van der Waals surface area contributed by atoms with Crippen LogP contribution in [-0.2, 0) is 5.41 Å². The molecule has 3 aromatic rings. The molecule has 0 atom stereocenters. The number of nitrogens with one attached hydrogen (secondary N) is 2. The molecule has 1 aromatic heterocycles. The lowest BCUT2D eigenvalue weighted by atomic mass is 9.48. The second-order valence-corrected chi connectivity index (χ2v) is 13.5. The molecule has 0 spiro atoms. The first-order chi connectivity index (χ1) is 19.0. The van der Waals surface area contributed by atoms with Gasteiger partial charge in [-0.25, -0.2) is 19.1 Å². The van der Waals surface area contributed by atoms with Crippen LogP contribution in [0.25, 0.3) is 5.69 Å². The van der Waals surface area contributed by atoms with Gasteiger partial charge in [0.15, 0.2) is 0 Å². The Hall–Kier alpha value is -2.98. The van der Waals surface area contributed by atoms with Crippen molar-refractivity contribution in [3.05, 3.63) is 82.4 Å². The highest BCUT2D eigenvalue weighted by atomic mass is 79.9. The number of aromatic nitrogens is 2. The second kappa shape index (κ2) is 10.1.